The van der Waals surface area contributed by atoms with Gasteiger partial charge in [0.2, 0.25) is 0 Å². The largest absolute Gasteiger partial charge is 0.367 e. The number of fused-ring (bicyclic) bond motifs is 7. The summed E-state index contributed by atoms with van der Waals surface area (Å²) >= 11 is 2.14. The summed E-state index contributed by atoms with van der Waals surface area (Å²) in [5.74, 6) is 3.09. The third-order valence-electron chi connectivity index (χ3n) is 9.05. The van der Waals surface area contributed by atoms with E-state index >= 15 is 0 Å². The van der Waals surface area contributed by atoms with Crippen molar-refractivity contribution in [2.75, 3.05) is 6.54 Å². The monoisotopic (exact) mass is 451 g/mol. The first kappa shape index (κ1) is 20.1. The Labute approximate surface area is 202 Å². The minimum Gasteiger partial charge on any atom is -0.367 e. The molecule has 0 radical (unpaired) electrons. The molecule has 0 amide bonds. The molecule has 33 heavy (non-hydrogen) atoms. The molecule has 1 aromatic heterocycles. The molecule has 4 aliphatic carbocycles. The van der Waals surface area contributed by atoms with Crippen molar-refractivity contribution in [2.24, 2.45) is 23.7 Å². The molecular weight excluding hydrogens is 418 g/mol. The van der Waals surface area contributed by atoms with Crippen LogP contribution in [-0.2, 0) is 6.42 Å². The van der Waals surface area contributed by atoms with Crippen LogP contribution in [0.5, 0.6) is 0 Å². The standard InChI is InChI=1S/C31H33NS/c1-31-19-24(22-10-6-3-7-11-22)16-17-32(31)20-25-13-15-27-26-14-12-23(21-8-4-2-5-9-21)18-28(26)33-30(27)29(25)31/h3-4,6-8,10,12-17,19,21-23,25,29H,2,5,9,11,18,20H2,1H3. The Balaban J connectivity index is 1.24. The van der Waals surface area contributed by atoms with Gasteiger partial charge in [-0.2, -0.15) is 0 Å². The smallest absolute Gasteiger partial charge is 0.0640 e. The summed E-state index contributed by atoms with van der Waals surface area (Å²) in [6, 6.07) is 0. The van der Waals surface area contributed by atoms with Gasteiger partial charge in [-0.15, -0.1) is 11.3 Å². The first-order valence-electron chi connectivity index (χ1n) is 12.9. The van der Waals surface area contributed by atoms with Crippen molar-refractivity contribution < 1.29 is 0 Å². The first-order valence-corrected chi connectivity index (χ1v) is 13.7. The van der Waals surface area contributed by atoms with E-state index < -0.39 is 0 Å². The molecule has 7 rings (SSSR count). The highest BCUT2D eigenvalue weighted by Crippen LogP contribution is 2.56. The predicted octanol–water partition coefficient (Wildman–Crippen LogP) is 7.68. The Kier molecular flexibility index (Phi) is 4.63. The summed E-state index contributed by atoms with van der Waals surface area (Å²) in [6.45, 7) is 3.63. The predicted molar refractivity (Wildman–Crippen MR) is 141 cm³/mol. The van der Waals surface area contributed by atoms with Gasteiger partial charge in [0.15, 0.2) is 0 Å². The van der Waals surface area contributed by atoms with E-state index in [9.17, 15) is 0 Å². The van der Waals surface area contributed by atoms with Gasteiger partial charge in [0.1, 0.15) is 0 Å². The number of allylic oxidation sites excluding steroid dienone is 9. The van der Waals surface area contributed by atoms with Gasteiger partial charge >= 0.3 is 0 Å². The Bertz CT molecular complexity index is 1180. The fraction of sp³-hybridized carbons (Fsp3) is 0.419. The number of rotatable bonds is 2. The molecule has 168 valence electrons. The maximum atomic E-state index is 2.62. The summed E-state index contributed by atoms with van der Waals surface area (Å²) in [6.07, 6.45) is 37.7. The van der Waals surface area contributed by atoms with E-state index in [1.807, 2.05) is 0 Å². The SMILES string of the molecule is CC12C=C(C3C=CC=CC3)C=CN1CC1C=Cc3c(sc4c3C=CC(C3C=CCCC3)C4)C12. The van der Waals surface area contributed by atoms with Gasteiger partial charge in [-0.1, -0.05) is 66.8 Å². The molecule has 2 aliphatic heterocycles. The van der Waals surface area contributed by atoms with Gasteiger partial charge < -0.3 is 4.90 Å². The van der Waals surface area contributed by atoms with Gasteiger partial charge in [-0.25, -0.2) is 0 Å². The summed E-state index contributed by atoms with van der Waals surface area (Å²) in [7, 11) is 0. The maximum absolute atomic E-state index is 2.62. The van der Waals surface area contributed by atoms with Crippen molar-refractivity contribution in [2.45, 2.75) is 50.5 Å². The van der Waals surface area contributed by atoms with Gasteiger partial charge in [0.25, 0.3) is 0 Å². The van der Waals surface area contributed by atoms with Crippen molar-refractivity contribution in [1.29, 1.82) is 0 Å². The average Bonchev–Trinajstić information content (AvgIpc) is 3.38. The lowest BCUT2D eigenvalue weighted by Crippen LogP contribution is -2.42. The van der Waals surface area contributed by atoms with Crippen molar-refractivity contribution in [3.63, 3.8) is 0 Å². The first-order chi connectivity index (χ1) is 16.2. The van der Waals surface area contributed by atoms with Crippen LogP contribution in [0, 0.1) is 23.7 Å². The molecular formula is C31H33NS. The lowest BCUT2D eigenvalue weighted by Gasteiger charge is -2.41. The highest BCUT2D eigenvalue weighted by molar-refractivity contribution is 7.12. The van der Waals surface area contributed by atoms with E-state index in [-0.39, 0.29) is 5.54 Å². The topological polar surface area (TPSA) is 3.24 Å². The van der Waals surface area contributed by atoms with Crippen LogP contribution in [0.2, 0.25) is 0 Å². The van der Waals surface area contributed by atoms with Crippen molar-refractivity contribution >= 4 is 23.5 Å². The van der Waals surface area contributed by atoms with Crippen LogP contribution in [0.15, 0.2) is 72.5 Å². The Hall–Kier alpha value is -2.32. The Morgan fingerprint density at radius 1 is 0.939 bits per heavy atom. The minimum absolute atomic E-state index is 0.0614. The lowest BCUT2D eigenvalue weighted by molar-refractivity contribution is 0.260. The average molecular weight is 452 g/mol. The molecule has 6 unspecified atom stereocenters. The number of hydrogen-bond donors (Lipinski definition) is 0. The second-order valence-corrected chi connectivity index (χ2v) is 12.1. The van der Waals surface area contributed by atoms with Crippen LogP contribution in [0.4, 0.5) is 0 Å². The highest BCUT2D eigenvalue weighted by atomic mass is 32.1. The number of nitrogens with zero attached hydrogens (tertiary/aromatic N) is 1. The van der Waals surface area contributed by atoms with E-state index in [1.165, 1.54) is 42.4 Å². The molecule has 0 spiro atoms. The summed E-state index contributed by atoms with van der Waals surface area (Å²) in [4.78, 5) is 5.90. The zero-order chi connectivity index (χ0) is 22.0. The number of thiophene rings is 1. The summed E-state index contributed by atoms with van der Waals surface area (Å²) in [5, 5.41) is 0. The molecule has 6 aliphatic rings. The Morgan fingerprint density at radius 3 is 2.70 bits per heavy atom. The van der Waals surface area contributed by atoms with Crippen LogP contribution in [-0.4, -0.2) is 17.0 Å². The summed E-state index contributed by atoms with van der Waals surface area (Å²) in [5.41, 5.74) is 4.61. The fourth-order valence-corrected chi connectivity index (χ4v) is 8.92. The molecule has 1 saturated heterocycles. The third kappa shape index (κ3) is 3.10. The molecule has 0 N–H and O–H groups in total. The molecule has 0 aromatic carbocycles. The van der Waals surface area contributed by atoms with Crippen LogP contribution in [0.1, 0.15) is 59.4 Å². The van der Waals surface area contributed by atoms with Crippen LogP contribution >= 0.6 is 11.3 Å². The van der Waals surface area contributed by atoms with Gasteiger partial charge in [-0.05, 0) is 73.6 Å². The van der Waals surface area contributed by atoms with Crippen molar-refractivity contribution in [3.05, 3.63) is 93.4 Å². The van der Waals surface area contributed by atoms with E-state index in [2.05, 4.69) is 102 Å². The molecule has 6 atom stereocenters. The zero-order valence-corrected chi connectivity index (χ0v) is 20.3. The molecule has 1 fully saturated rings. The highest BCUT2D eigenvalue weighted by Gasteiger charge is 2.52. The van der Waals surface area contributed by atoms with Gasteiger partial charge in [-0.3, -0.25) is 0 Å². The molecule has 0 bridgehead atoms. The van der Waals surface area contributed by atoms with Crippen LogP contribution in [0.25, 0.3) is 12.2 Å². The normalized spacial score (nSPS) is 37.5. The maximum Gasteiger partial charge on any atom is 0.0640 e. The third-order valence-corrected chi connectivity index (χ3v) is 10.4. The van der Waals surface area contributed by atoms with Crippen LogP contribution in [0.3, 0.4) is 0 Å². The molecule has 3 heterocycles. The second kappa shape index (κ2) is 7.60. The van der Waals surface area contributed by atoms with Gasteiger partial charge in [0, 0.05) is 40.3 Å². The van der Waals surface area contributed by atoms with E-state index in [0.717, 1.165) is 18.9 Å². The quantitative estimate of drug-likeness (QED) is 0.417. The second-order valence-electron chi connectivity index (χ2n) is 11.0. The molecule has 0 saturated carbocycles. The Morgan fingerprint density at radius 2 is 1.85 bits per heavy atom. The lowest BCUT2D eigenvalue weighted by atomic mass is 9.72. The van der Waals surface area contributed by atoms with Crippen molar-refractivity contribution in [1.82, 2.24) is 4.90 Å². The zero-order valence-electron chi connectivity index (χ0n) is 19.5. The molecule has 1 aromatic rings. The minimum atomic E-state index is 0.0614. The van der Waals surface area contributed by atoms with Crippen LogP contribution < -0.4 is 0 Å². The summed E-state index contributed by atoms with van der Waals surface area (Å²) < 4.78 is 0. The van der Waals surface area contributed by atoms with Crippen molar-refractivity contribution in [3.8, 4) is 0 Å². The van der Waals surface area contributed by atoms with Gasteiger partial charge in [0.05, 0.1) is 5.54 Å². The van der Waals surface area contributed by atoms with E-state index in [4.69, 9.17) is 0 Å². The molecule has 2 heteroatoms. The number of hydrogen-bond acceptors (Lipinski definition) is 2. The fourth-order valence-electron chi connectivity index (χ4n) is 7.26. The van der Waals surface area contributed by atoms with E-state index in [0.29, 0.717) is 23.7 Å². The van der Waals surface area contributed by atoms with E-state index in [1.54, 1.807) is 9.75 Å². The molecule has 1 nitrogen and oxygen atoms in total.